The number of anilines is 1. The molecular formula is C15H19N5O3. The Kier molecular flexibility index (Phi) is 4.52. The number of methoxy groups -OCH3 is 2. The highest BCUT2D eigenvalue weighted by atomic mass is 16.5. The summed E-state index contributed by atoms with van der Waals surface area (Å²) in [6.07, 6.45) is 1.71. The van der Waals surface area contributed by atoms with Gasteiger partial charge in [-0.2, -0.15) is 9.97 Å². The van der Waals surface area contributed by atoms with Crippen LogP contribution in [0.15, 0.2) is 18.3 Å². The molecule has 8 nitrogen and oxygen atoms in total. The van der Waals surface area contributed by atoms with Gasteiger partial charge in [0.2, 0.25) is 5.95 Å². The fourth-order valence-electron chi connectivity index (χ4n) is 2.33. The zero-order chi connectivity index (χ0) is 16.2. The SMILES string of the molecule is COc1nc(OC)nc(N2CCOC(c3ccc(C)cn3)C2)n1. The molecule has 0 bridgehead atoms. The van der Waals surface area contributed by atoms with Crippen molar-refractivity contribution >= 4 is 5.95 Å². The van der Waals surface area contributed by atoms with Crippen molar-refractivity contribution < 1.29 is 14.2 Å². The standard InChI is InChI=1S/C15H19N5O3/c1-10-4-5-11(16-8-10)12-9-20(6-7-23-12)13-17-14(21-2)19-15(18-13)22-3/h4-5,8,12H,6-7,9H2,1-3H3. The largest absolute Gasteiger partial charge is 0.467 e. The second kappa shape index (κ2) is 6.74. The average molecular weight is 317 g/mol. The number of aryl methyl sites for hydroxylation is 1. The molecule has 8 heteroatoms. The summed E-state index contributed by atoms with van der Waals surface area (Å²) in [7, 11) is 3.02. The molecule has 1 saturated heterocycles. The summed E-state index contributed by atoms with van der Waals surface area (Å²) in [4.78, 5) is 19.1. The molecule has 23 heavy (non-hydrogen) atoms. The number of hydrogen-bond acceptors (Lipinski definition) is 8. The van der Waals surface area contributed by atoms with Gasteiger partial charge in [0.15, 0.2) is 0 Å². The van der Waals surface area contributed by atoms with E-state index in [-0.39, 0.29) is 18.1 Å². The van der Waals surface area contributed by atoms with Crippen LogP contribution in [-0.4, -0.2) is 53.9 Å². The highest BCUT2D eigenvalue weighted by molar-refractivity contribution is 5.34. The van der Waals surface area contributed by atoms with Crippen LogP contribution in [0.3, 0.4) is 0 Å². The molecule has 3 rings (SSSR count). The van der Waals surface area contributed by atoms with Gasteiger partial charge in [0.05, 0.1) is 33.1 Å². The summed E-state index contributed by atoms with van der Waals surface area (Å²) in [6.45, 7) is 3.86. The topological polar surface area (TPSA) is 82.5 Å². The van der Waals surface area contributed by atoms with E-state index in [1.54, 1.807) is 0 Å². The Bertz CT molecular complexity index is 642. The van der Waals surface area contributed by atoms with Crippen molar-refractivity contribution in [3.05, 3.63) is 29.6 Å². The van der Waals surface area contributed by atoms with E-state index in [1.807, 2.05) is 30.2 Å². The number of hydrogen-bond donors (Lipinski definition) is 0. The van der Waals surface area contributed by atoms with Crippen LogP contribution in [0.4, 0.5) is 5.95 Å². The second-order valence-electron chi connectivity index (χ2n) is 5.17. The summed E-state index contributed by atoms with van der Waals surface area (Å²) in [5.41, 5.74) is 2.02. The van der Waals surface area contributed by atoms with Crippen molar-refractivity contribution in [2.45, 2.75) is 13.0 Å². The van der Waals surface area contributed by atoms with Crippen LogP contribution in [0.1, 0.15) is 17.4 Å². The normalized spacial score (nSPS) is 17.9. The highest BCUT2D eigenvalue weighted by Crippen LogP contribution is 2.24. The van der Waals surface area contributed by atoms with Gasteiger partial charge in [0.25, 0.3) is 0 Å². The molecule has 1 aliphatic rings. The predicted molar refractivity (Wildman–Crippen MR) is 82.8 cm³/mol. The van der Waals surface area contributed by atoms with Crippen molar-refractivity contribution in [2.24, 2.45) is 0 Å². The minimum absolute atomic E-state index is 0.127. The smallest absolute Gasteiger partial charge is 0.324 e. The molecule has 0 N–H and O–H groups in total. The summed E-state index contributed by atoms with van der Waals surface area (Å²) >= 11 is 0. The third kappa shape index (κ3) is 3.48. The average Bonchev–Trinajstić information content (AvgIpc) is 2.62. The van der Waals surface area contributed by atoms with Gasteiger partial charge in [-0.25, -0.2) is 0 Å². The Hall–Kier alpha value is -2.48. The lowest BCUT2D eigenvalue weighted by atomic mass is 10.1. The molecule has 1 unspecified atom stereocenters. The number of morpholine rings is 1. The Morgan fingerprint density at radius 3 is 2.48 bits per heavy atom. The maximum absolute atomic E-state index is 5.83. The quantitative estimate of drug-likeness (QED) is 0.831. The van der Waals surface area contributed by atoms with Crippen LogP contribution in [0.25, 0.3) is 0 Å². The van der Waals surface area contributed by atoms with E-state index in [4.69, 9.17) is 14.2 Å². The van der Waals surface area contributed by atoms with Gasteiger partial charge < -0.3 is 19.1 Å². The highest BCUT2D eigenvalue weighted by Gasteiger charge is 2.25. The predicted octanol–water partition coefficient (Wildman–Crippen LogP) is 1.17. The Morgan fingerprint density at radius 2 is 1.87 bits per heavy atom. The lowest BCUT2D eigenvalue weighted by molar-refractivity contribution is 0.0363. The first-order valence-corrected chi connectivity index (χ1v) is 7.32. The van der Waals surface area contributed by atoms with E-state index in [0.29, 0.717) is 25.6 Å². The van der Waals surface area contributed by atoms with E-state index < -0.39 is 0 Å². The van der Waals surface area contributed by atoms with Crippen LogP contribution < -0.4 is 14.4 Å². The van der Waals surface area contributed by atoms with E-state index in [2.05, 4.69) is 19.9 Å². The van der Waals surface area contributed by atoms with Gasteiger partial charge >= 0.3 is 12.0 Å². The summed E-state index contributed by atoms with van der Waals surface area (Å²) in [5.74, 6) is 0.508. The van der Waals surface area contributed by atoms with Gasteiger partial charge in [0.1, 0.15) is 6.10 Å². The molecule has 0 amide bonds. The number of rotatable bonds is 4. The molecule has 3 heterocycles. The Labute approximate surface area is 134 Å². The molecule has 2 aromatic heterocycles. The van der Waals surface area contributed by atoms with E-state index in [9.17, 15) is 0 Å². The van der Waals surface area contributed by atoms with E-state index in [0.717, 1.165) is 11.3 Å². The first-order chi connectivity index (χ1) is 11.2. The van der Waals surface area contributed by atoms with Crippen molar-refractivity contribution in [3.8, 4) is 12.0 Å². The third-order valence-electron chi connectivity index (χ3n) is 3.56. The van der Waals surface area contributed by atoms with E-state index >= 15 is 0 Å². The summed E-state index contributed by atoms with van der Waals surface area (Å²) < 4.78 is 16.0. The maximum atomic E-state index is 5.83. The molecule has 1 aliphatic heterocycles. The van der Waals surface area contributed by atoms with Gasteiger partial charge in [0, 0.05) is 12.7 Å². The van der Waals surface area contributed by atoms with Crippen LogP contribution in [-0.2, 0) is 4.74 Å². The monoisotopic (exact) mass is 317 g/mol. The molecule has 122 valence electrons. The van der Waals surface area contributed by atoms with Crippen LogP contribution in [0.2, 0.25) is 0 Å². The van der Waals surface area contributed by atoms with Crippen molar-refractivity contribution in [2.75, 3.05) is 38.8 Å². The second-order valence-corrected chi connectivity index (χ2v) is 5.17. The van der Waals surface area contributed by atoms with E-state index in [1.165, 1.54) is 14.2 Å². The number of pyridine rings is 1. The minimum Gasteiger partial charge on any atom is -0.467 e. The van der Waals surface area contributed by atoms with Crippen molar-refractivity contribution in [1.29, 1.82) is 0 Å². The van der Waals surface area contributed by atoms with Gasteiger partial charge in [-0.1, -0.05) is 6.07 Å². The molecule has 0 radical (unpaired) electrons. The zero-order valence-electron chi connectivity index (χ0n) is 13.4. The lowest BCUT2D eigenvalue weighted by Gasteiger charge is -2.32. The molecular weight excluding hydrogens is 298 g/mol. The van der Waals surface area contributed by atoms with Crippen molar-refractivity contribution in [1.82, 2.24) is 19.9 Å². The number of aromatic nitrogens is 4. The van der Waals surface area contributed by atoms with Gasteiger partial charge in [-0.05, 0) is 18.6 Å². The van der Waals surface area contributed by atoms with Crippen molar-refractivity contribution in [3.63, 3.8) is 0 Å². The molecule has 1 fully saturated rings. The Morgan fingerprint density at radius 1 is 1.13 bits per heavy atom. The molecule has 0 saturated carbocycles. The number of ether oxygens (including phenoxy) is 3. The van der Waals surface area contributed by atoms with Crippen LogP contribution >= 0.6 is 0 Å². The van der Waals surface area contributed by atoms with Gasteiger partial charge in [-0.3, -0.25) is 4.98 Å². The molecule has 0 spiro atoms. The first kappa shape index (κ1) is 15.4. The van der Waals surface area contributed by atoms with Crippen LogP contribution in [0, 0.1) is 6.92 Å². The van der Waals surface area contributed by atoms with Crippen LogP contribution in [0.5, 0.6) is 12.0 Å². The minimum atomic E-state index is -0.127. The lowest BCUT2D eigenvalue weighted by Crippen LogP contribution is -2.39. The van der Waals surface area contributed by atoms with Gasteiger partial charge in [-0.15, -0.1) is 4.98 Å². The first-order valence-electron chi connectivity index (χ1n) is 7.32. The Balaban J connectivity index is 1.82. The summed E-state index contributed by atoms with van der Waals surface area (Å²) in [5, 5.41) is 0. The fraction of sp³-hybridized carbons (Fsp3) is 0.467. The maximum Gasteiger partial charge on any atom is 0.324 e. The zero-order valence-corrected chi connectivity index (χ0v) is 13.4. The number of nitrogens with zero attached hydrogens (tertiary/aromatic N) is 5. The third-order valence-corrected chi connectivity index (χ3v) is 3.56. The fourth-order valence-corrected chi connectivity index (χ4v) is 2.33. The molecule has 0 aromatic carbocycles. The molecule has 2 aromatic rings. The summed E-state index contributed by atoms with van der Waals surface area (Å²) in [6, 6.07) is 4.46. The molecule has 1 atom stereocenters. The molecule has 0 aliphatic carbocycles.